The summed E-state index contributed by atoms with van der Waals surface area (Å²) in [4.78, 5) is 54.3. The van der Waals surface area contributed by atoms with Gasteiger partial charge in [-0.15, -0.1) is 0 Å². The van der Waals surface area contributed by atoms with Crippen molar-refractivity contribution in [3.8, 4) is 0 Å². The SMILES string of the molecule is CC[C@@H](C)NC(=O)[C@@H](C)N(Cc1ccc(C)cc1)C(=O)CCN1C(=O)[C@H]2CC=CC[C@H]2C1=O. The van der Waals surface area contributed by atoms with E-state index in [0.29, 0.717) is 12.8 Å². The standard InChI is InChI=1S/C26H35N3O4/c1-5-18(3)27-24(31)19(4)29(16-20-12-10-17(2)11-13-20)23(30)14-15-28-25(32)21-8-6-7-9-22(21)26(28)33/h6-7,10-13,18-19,21-22H,5,8-9,14-16H2,1-4H3,(H,27,31)/t18-,19-,21-,22+/m1/s1. The highest BCUT2D eigenvalue weighted by molar-refractivity contribution is 6.05. The van der Waals surface area contributed by atoms with Crippen molar-refractivity contribution in [1.82, 2.24) is 15.1 Å². The summed E-state index contributed by atoms with van der Waals surface area (Å²) < 4.78 is 0. The molecule has 4 atom stereocenters. The Morgan fingerprint density at radius 1 is 1.06 bits per heavy atom. The molecule has 0 saturated carbocycles. The van der Waals surface area contributed by atoms with Gasteiger partial charge in [0.05, 0.1) is 11.8 Å². The number of nitrogens with one attached hydrogen (secondary N) is 1. The Bertz CT molecular complexity index is 898. The summed E-state index contributed by atoms with van der Waals surface area (Å²) in [7, 11) is 0. The Labute approximate surface area is 196 Å². The molecule has 1 aliphatic heterocycles. The Hall–Kier alpha value is -2.96. The minimum absolute atomic E-state index is 0.00282. The summed E-state index contributed by atoms with van der Waals surface area (Å²) in [5.41, 5.74) is 2.03. The molecule has 7 heteroatoms. The van der Waals surface area contributed by atoms with Crippen molar-refractivity contribution < 1.29 is 19.2 Å². The van der Waals surface area contributed by atoms with E-state index < -0.39 is 6.04 Å². The predicted molar refractivity (Wildman–Crippen MR) is 126 cm³/mol. The van der Waals surface area contributed by atoms with E-state index in [2.05, 4.69) is 5.32 Å². The van der Waals surface area contributed by atoms with Crippen molar-refractivity contribution >= 4 is 23.6 Å². The van der Waals surface area contributed by atoms with Gasteiger partial charge in [-0.05, 0) is 45.6 Å². The molecule has 33 heavy (non-hydrogen) atoms. The van der Waals surface area contributed by atoms with E-state index in [1.807, 2.05) is 57.2 Å². The smallest absolute Gasteiger partial charge is 0.242 e. The molecule has 2 aliphatic rings. The summed E-state index contributed by atoms with van der Waals surface area (Å²) in [6, 6.07) is 7.16. The average molecular weight is 454 g/mol. The average Bonchev–Trinajstić information content (AvgIpc) is 3.06. The lowest BCUT2D eigenvalue weighted by Gasteiger charge is -2.30. The van der Waals surface area contributed by atoms with Crippen molar-refractivity contribution in [2.24, 2.45) is 11.8 Å². The van der Waals surface area contributed by atoms with E-state index in [1.54, 1.807) is 11.8 Å². The number of hydrogen-bond acceptors (Lipinski definition) is 4. The zero-order chi connectivity index (χ0) is 24.1. The van der Waals surface area contributed by atoms with Gasteiger partial charge in [-0.25, -0.2) is 0 Å². The largest absolute Gasteiger partial charge is 0.352 e. The van der Waals surface area contributed by atoms with E-state index in [4.69, 9.17) is 0 Å². The summed E-state index contributed by atoms with van der Waals surface area (Å²) in [5.74, 6) is -1.45. The molecular formula is C26H35N3O4. The van der Waals surface area contributed by atoms with Gasteiger partial charge in [0.2, 0.25) is 23.6 Å². The Balaban J connectivity index is 1.71. The van der Waals surface area contributed by atoms with Crippen LogP contribution >= 0.6 is 0 Å². The number of rotatable bonds is 9. The maximum atomic E-state index is 13.3. The Kier molecular flexibility index (Phi) is 8.06. The summed E-state index contributed by atoms with van der Waals surface area (Å²) in [6.07, 6.45) is 5.83. The maximum absolute atomic E-state index is 13.3. The molecule has 1 fully saturated rings. The lowest BCUT2D eigenvalue weighted by molar-refractivity contribution is -0.143. The molecule has 0 spiro atoms. The number of aryl methyl sites for hydroxylation is 1. The van der Waals surface area contributed by atoms with Crippen LogP contribution in [-0.4, -0.2) is 52.1 Å². The summed E-state index contributed by atoms with van der Waals surface area (Å²) >= 11 is 0. The summed E-state index contributed by atoms with van der Waals surface area (Å²) in [6.45, 7) is 7.96. The highest BCUT2D eigenvalue weighted by Gasteiger charge is 2.47. The van der Waals surface area contributed by atoms with E-state index in [-0.39, 0.29) is 61.0 Å². The minimum atomic E-state index is -0.676. The number of nitrogens with zero attached hydrogens (tertiary/aromatic N) is 2. The topological polar surface area (TPSA) is 86.8 Å². The Morgan fingerprint density at radius 3 is 2.18 bits per heavy atom. The van der Waals surface area contributed by atoms with E-state index >= 15 is 0 Å². The Morgan fingerprint density at radius 2 is 1.64 bits per heavy atom. The fourth-order valence-electron chi connectivity index (χ4n) is 4.38. The lowest BCUT2D eigenvalue weighted by atomic mass is 9.85. The van der Waals surface area contributed by atoms with E-state index in [1.165, 1.54) is 4.90 Å². The van der Waals surface area contributed by atoms with Crippen LogP contribution in [0.15, 0.2) is 36.4 Å². The normalized spacial score (nSPS) is 21.5. The third kappa shape index (κ3) is 5.70. The van der Waals surface area contributed by atoms with Gasteiger partial charge < -0.3 is 10.2 Å². The molecule has 7 nitrogen and oxygen atoms in total. The van der Waals surface area contributed by atoms with Gasteiger partial charge >= 0.3 is 0 Å². The van der Waals surface area contributed by atoms with Gasteiger partial charge in [0, 0.05) is 25.6 Å². The molecule has 1 heterocycles. The lowest BCUT2D eigenvalue weighted by Crippen LogP contribution is -2.50. The highest BCUT2D eigenvalue weighted by Crippen LogP contribution is 2.35. The van der Waals surface area contributed by atoms with Crippen LogP contribution in [0.5, 0.6) is 0 Å². The first-order chi connectivity index (χ1) is 15.7. The fourth-order valence-corrected chi connectivity index (χ4v) is 4.38. The van der Waals surface area contributed by atoms with Crippen LogP contribution in [0.1, 0.15) is 57.6 Å². The van der Waals surface area contributed by atoms with Gasteiger partial charge in [-0.1, -0.05) is 48.9 Å². The molecule has 0 bridgehead atoms. The quantitative estimate of drug-likeness (QED) is 0.460. The monoisotopic (exact) mass is 453 g/mol. The number of fused-ring (bicyclic) bond motifs is 1. The third-order valence-corrected chi connectivity index (χ3v) is 6.79. The second kappa shape index (κ2) is 10.8. The molecule has 178 valence electrons. The van der Waals surface area contributed by atoms with Crippen LogP contribution in [0.2, 0.25) is 0 Å². The van der Waals surface area contributed by atoms with Crippen LogP contribution in [0.4, 0.5) is 0 Å². The first-order valence-electron chi connectivity index (χ1n) is 11.9. The van der Waals surface area contributed by atoms with Crippen molar-refractivity contribution in [2.75, 3.05) is 6.54 Å². The molecule has 0 radical (unpaired) electrons. The van der Waals surface area contributed by atoms with Crippen molar-refractivity contribution in [3.05, 3.63) is 47.5 Å². The number of amides is 4. The molecule has 3 rings (SSSR count). The van der Waals surface area contributed by atoms with Gasteiger partial charge in [0.1, 0.15) is 6.04 Å². The van der Waals surface area contributed by atoms with Crippen molar-refractivity contribution in [2.45, 2.75) is 72.0 Å². The fraction of sp³-hybridized carbons (Fsp3) is 0.538. The highest BCUT2D eigenvalue weighted by atomic mass is 16.2. The number of likely N-dealkylation sites (tertiary alicyclic amines) is 1. The predicted octanol–water partition coefficient (Wildman–Crippen LogP) is 2.97. The molecule has 0 aromatic heterocycles. The number of carbonyl (C=O) groups is 4. The molecule has 0 unspecified atom stereocenters. The van der Waals surface area contributed by atoms with Crippen LogP contribution in [0.3, 0.4) is 0 Å². The van der Waals surface area contributed by atoms with Gasteiger partial charge in [0.25, 0.3) is 0 Å². The van der Waals surface area contributed by atoms with Crippen molar-refractivity contribution in [3.63, 3.8) is 0 Å². The van der Waals surface area contributed by atoms with Crippen LogP contribution < -0.4 is 5.32 Å². The molecular weight excluding hydrogens is 418 g/mol. The summed E-state index contributed by atoms with van der Waals surface area (Å²) in [5, 5.41) is 2.95. The van der Waals surface area contributed by atoms with Crippen LogP contribution in [0.25, 0.3) is 0 Å². The maximum Gasteiger partial charge on any atom is 0.242 e. The molecule has 1 aliphatic carbocycles. The third-order valence-electron chi connectivity index (χ3n) is 6.79. The van der Waals surface area contributed by atoms with Crippen LogP contribution in [-0.2, 0) is 25.7 Å². The molecule has 1 saturated heterocycles. The second-order valence-corrected chi connectivity index (χ2v) is 9.24. The number of allylic oxidation sites excluding steroid dienone is 2. The van der Waals surface area contributed by atoms with Gasteiger partial charge in [0.15, 0.2) is 0 Å². The number of hydrogen-bond donors (Lipinski definition) is 1. The molecule has 1 aromatic rings. The van der Waals surface area contributed by atoms with Gasteiger partial charge in [-0.3, -0.25) is 24.1 Å². The number of carbonyl (C=O) groups excluding carboxylic acids is 4. The first-order valence-corrected chi connectivity index (χ1v) is 11.9. The number of benzene rings is 1. The van der Waals surface area contributed by atoms with E-state index in [9.17, 15) is 19.2 Å². The van der Waals surface area contributed by atoms with Crippen molar-refractivity contribution in [1.29, 1.82) is 0 Å². The first kappa shape index (κ1) is 24.7. The van der Waals surface area contributed by atoms with E-state index in [0.717, 1.165) is 17.5 Å². The van der Waals surface area contributed by atoms with Gasteiger partial charge in [-0.2, -0.15) is 0 Å². The zero-order valence-corrected chi connectivity index (χ0v) is 20.0. The minimum Gasteiger partial charge on any atom is -0.352 e. The second-order valence-electron chi connectivity index (χ2n) is 9.24. The molecule has 1 aromatic carbocycles. The number of imide groups is 1. The van der Waals surface area contributed by atoms with Crippen LogP contribution in [0, 0.1) is 18.8 Å². The molecule has 1 N–H and O–H groups in total. The molecule has 4 amide bonds. The zero-order valence-electron chi connectivity index (χ0n) is 20.0.